The van der Waals surface area contributed by atoms with Gasteiger partial charge in [0.2, 0.25) is 0 Å². The largest absolute Gasteiger partial charge is 3.00 e. The van der Waals surface area contributed by atoms with E-state index in [4.69, 9.17) is 37.9 Å². The zero-order chi connectivity index (χ0) is 20.9. The van der Waals surface area contributed by atoms with Crippen molar-refractivity contribution in [3.8, 4) is 0 Å². The molecule has 10 heteroatoms. The third-order valence-electron chi connectivity index (χ3n) is 3.82. The molecular weight excluding hydrogens is 576 g/mol. The second-order valence-corrected chi connectivity index (χ2v) is 10.9. The van der Waals surface area contributed by atoms with Crippen LogP contribution in [0.1, 0.15) is 0 Å². The SMILES string of the molecule is [S-]c1nc2ccccc2s1.[S-]c1nc2ccccc2s1.[S-]c1nc2ccccc2s1.[Y+3]. The Kier molecular flexibility index (Phi) is 9.42. The molecule has 0 saturated heterocycles. The van der Waals surface area contributed by atoms with Crippen LogP contribution in [0.25, 0.3) is 30.6 Å². The maximum Gasteiger partial charge on any atom is 3.00 e. The third-order valence-corrected chi connectivity index (χ3v) is 7.34. The minimum atomic E-state index is 0. The summed E-state index contributed by atoms with van der Waals surface area (Å²) in [6, 6.07) is 23.9. The molecule has 31 heavy (non-hydrogen) atoms. The molecule has 0 atom stereocenters. The Morgan fingerprint density at radius 3 is 0.968 bits per heavy atom. The predicted octanol–water partition coefficient (Wildman–Crippen LogP) is 6.60. The molecule has 6 rings (SSSR count). The van der Waals surface area contributed by atoms with E-state index in [2.05, 4.69) is 15.0 Å². The maximum atomic E-state index is 4.92. The molecule has 0 amide bonds. The predicted molar refractivity (Wildman–Crippen MR) is 136 cm³/mol. The zero-order valence-electron chi connectivity index (χ0n) is 15.8. The van der Waals surface area contributed by atoms with Crippen molar-refractivity contribution in [3.63, 3.8) is 0 Å². The fourth-order valence-electron chi connectivity index (χ4n) is 2.55. The molecule has 150 valence electrons. The molecule has 3 aromatic carbocycles. The van der Waals surface area contributed by atoms with Gasteiger partial charge in [0.15, 0.2) is 0 Å². The Morgan fingerprint density at radius 1 is 0.452 bits per heavy atom. The van der Waals surface area contributed by atoms with Gasteiger partial charge in [-0.25, -0.2) is 0 Å². The molecule has 0 unspecified atom stereocenters. The van der Waals surface area contributed by atoms with Crippen molar-refractivity contribution in [2.45, 2.75) is 13.0 Å². The van der Waals surface area contributed by atoms with E-state index in [9.17, 15) is 0 Å². The summed E-state index contributed by atoms with van der Waals surface area (Å²) >= 11 is 19.4. The quantitative estimate of drug-likeness (QED) is 0.187. The molecule has 0 fully saturated rings. The molecule has 3 nitrogen and oxygen atoms in total. The summed E-state index contributed by atoms with van der Waals surface area (Å²) in [6.07, 6.45) is 0. The van der Waals surface area contributed by atoms with Crippen LogP contribution in [0.2, 0.25) is 0 Å². The van der Waals surface area contributed by atoms with E-state index < -0.39 is 0 Å². The summed E-state index contributed by atoms with van der Waals surface area (Å²) in [6.45, 7) is 0. The van der Waals surface area contributed by atoms with Gasteiger partial charge in [-0.3, -0.25) is 15.0 Å². The number of rotatable bonds is 0. The van der Waals surface area contributed by atoms with Crippen LogP contribution in [-0.4, -0.2) is 15.0 Å². The van der Waals surface area contributed by atoms with Gasteiger partial charge in [0.1, 0.15) is 0 Å². The van der Waals surface area contributed by atoms with Crippen molar-refractivity contribution in [2.75, 3.05) is 0 Å². The minimum Gasteiger partial charge on any atom is -0.408 e. The first kappa shape index (κ1) is 24.7. The number of fused-ring (bicyclic) bond motifs is 3. The van der Waals surface area contributed by atoms with Gasteiger partial charge in [-0.05, 0) is 45.3 Å². The average molecular weight is 588 g/mol. The summed E-state index contributed by atoms with van der Waals surface area (Å²) in [4.78, 5) is 12.4. The summed E-state index contributed by atoms with van der Waals surface area (Å²) in [5.74, 6) is 0. The first-order chi connectivity index (χ1) is 14.6. The molecular formula is C21H12N3S6Y. The molecule has 0 bridgehead atoms. The molecule has 6 aromatic rings. The summed E-state index contributed by atoms with van der Waals surface area (Å²) in [5.41, 5.74) is 3.03. The third kappa shape index (κ3) is 6.79. The molecule has 0 N–H and O–H groups in total. The van der Waals surface area contributed by atoms with Crippen LogP contribution in [0.4, 0.5) is 0 Å². The number of aromatic nitrogens is 3. The van der Waals surface area contributed by atoms with Crippen LogP contribution in [0, 0.1) is 0 Å². The Labute approximate surface area is 233 Å². The molecule has 0 saturated carbocycles. The van der Waals surface area contributed by atoms with E-state index >= 15 is 0 Å². The molecule has 3 aromatic heterocycles. The van der Waals surface area contributed by atoms with Gasteiger partial charge in [-0.2, -0.15) is 0 Å². The minimum absolute atomic E-state index is 0. The normalized spacial score (nSPS) is 10.1. The number of para-hydroxylation sites is 3. The van der Waals surface area contributed by atoms with Crippen molar-refractivity contribution in [2.24, 2.45) is 0 Å². The van der Waals surface area contributed by atoms with Crippen LogP contribution >= 0.6 is 34.0 Å². The fraction of sp³-hybridized carbons (Fsp3) is 0. The molecule has 3 heterocycles. The van der Waals surface area contributed by atoms with Gasteiger partial charge in [0, 0.05) is 0 Å². The average Bonchev–Trinajstić information content (AvgIpc) is 3.41. The Balaban J connectivity index is 0.000000130. The number of benzene rings is 3. The summed E-state index contributed by atoms with van der Waals surface area (Å²) in [7, 11) is 0. The van der Waals surface area contributed by atoms with Crippen molar-refractivity contribution in [3.05, 3.63) is 72.8 Å². The van der Waals surface area contributed by atoms with Crippen LogP contribution in [-0.2, 0) is 70.6 Å². The fourth-order valence-corrected chi connectivity index (χ4v) is 5.75. The topological polar surface area (TPSA) is 38.7 Å². The van der Waals surface area contributed by atoms with Crippen LogP contribution in [0.3, 0.4) is 0 Å². The van der Waals surface area contributed by atoms with Gasteiger partial charge < -0.3 is 71.9 Å². The van der Waals surface area contributed by atoms with E-state index in [1.807, 2.05) is 72.8 Å². The number of hydrogen-bond donors (Lipinski definition) is 0. The Bertz CT molecular complexity index is 1140. The van der Waals surface area contributed by atoms with Crippen molar-refractivity contribution in [1.82, 2.24) is 15.0 Å². The number of thiazole rings is 3. The van der Waals surface area contributed by atoms with Gasteiger partial charge in [0.05, 0.1) is 16.6 Å². The van der Waals surface area contributed by atoms with Crippen LogP contribution in [0.5, 0.6) is 0 Å². The Morgan fingerprint density at radius 2 is 0.710 bits per heavy atom. The van der Waals surface area contributed by atoms with Crippen molar-refractivity contribution < 1.29 is 32.7 Å². The van der Waals surface area contributed by atoms with Crippen molar-refractivity contribution >= 4 is 103 Å². The van der Waals surface area contributed by atoms with Gasteiger partial charge in [-0.1, -0.05) is 54.6 Å². The van der Waals surface area contributed by atoms with E-state index in [-0.39, 0.29) is 32.7 Å². The Hall–Kier alpha value is -0.906. The second kappa shape index (κ2) is 11.8. The van der Waals surface area contributed by atoms with Crippen LogP contribution < -0.4 is 0 Å². The second-order valence-electron chi connectivity index (χ2n) is 5.84. The molecule has 0 aliphatic rings. The number of hydrogen-bond acceptors (Lipinski definition) is 9. The standard InChI is InChI=1S/3C7H5NS2.Y/c3*9-7-8-5-3-1-2-4-6(5)10-7;/h3*1-4H,(H,8,9);/q;;;+3/p-3. The van der Waals surface area contributed by atoms with E-state index in [1.165, 1.54) is 14.1 Å². The molecule has 0 radical (unpaired) electrons. The van der Waals surface area contributed by atoms with E-state index in [0.717, 1.165) is 29.6 Å². The smallest absolute Gasteiger partial charge is 0.408 e. The zero-order valence-corrected chi connectivity index (χ0v) is 23.5. The maximum absolute atomic E-state index is 4.92. The van der Waals surface area contributed by atoms with Gasteiger partial charge >= 0.3 is 32.7 Å². The molecule has 0 aliphatic carbocycles. The molecule has 0 spiro atoms. The summed E-state index contributed by atoms with van der Waals surface area (Å²) in [5, 5.41) is 0. The number of nitrogens with zero attached hydrogens (tertiary/aromatic N) is 3. The van der Waals surface area contributed by atoms with Gasteiger partial charge in [-0.15, -0.1) is 0 Å². The summed E-state index contributed by atoms with van der Waals surface area (Å²) < 4.78 is 5.69. The van der Waals surface area contributed by atoms with Crippen LogP contribution in [0.15, 0.2) is 85.8 Å². The van der Waals surface area contributed by atoms with Gasteiger partial charge in [0.25, 0.3) is 0 Å². The molecule has 0 aliphatic heterocycles. The first-order valence-corrected chi connectivity index (χ1v) is 12.3. The monoisotopic (exact) mass is 587 g/mol. The van der Waals surface area contributed by atoms with Crippen molar-refractivity contribution in [1.29, 1.82) is 0 Å². The first-order valence-electron chi connectivity index (χ1n) is 8.66. The van der Waals surface area contributed by atoms with E-state index in [1.54, 1.807) is 34.0 Å². The van der Waals surface area contributed by atoms with E-state index in [0.29, 0.717) is 0 Å².